The minimum atomic E-state index is -0.659. The summed E-state index contributed by atoms with van der Waals surface area (Å²) in [7, 11) is 0. The van der Waals surface area contributed by atoms with E-state index in [2.05, 4.69) is 9.36 Å². The topological polar surface area (TPSA) is 130 Å². The van der Waals surface area contributed by atoms with E-state index in [1.54, 1.807) is 0 Å². The maximum atomic E-state index is 11.7. The normalized spacial score (nSPS) is 21.1. The van der Waals surface area contributed by atoms with Gasteiger partial charge in [-0.1, -0.05) is 27.7 Å². The molecule has 3 atom stereocenters. The van der Waals surface area contributed by atoms with E-state index in [0.717, 1.165) is 24.4 Å². The van der Waals surface area contributed by atoms with Crippen LogP contribution in [0.25, 0.3) is 0 Å². The zero-order valence-electron chi connectivity index (χ0n) is 14.5. The lowest BCUT2D eigenvalue weighted by molar-refractivity contribution is -0.150. The van der Waals surface area contributed by atoms with Crippen LogP contribution in [0.4, 0.5) is 0 Å². The lowest BCUT2D eigenvalue weighted by Crippen LogP contribution is -2.38. The number of primary amides is 1. The molecule has 2 heterocycles. The molecule has 0 radical (unpaired) electrons. The summed E-state index contributed by atoms with van der Waals surface area (Å²) < 4.78 is 14.8. The molecule has 4 N–H and O–H groups in total. The van der Waals surface area contributed by atoms with E-state index in [0.29, 0.717) is 5.01 Å². The summed E-state index contributed by atoms with van der Waals surface area (Å²) in [5, 5.41) is 0.613. The van der Waals surface area contributed by atoms with Crippen molar-refractivity contribution in [2.24, 2.45) is 17.4 Å². The summed E-state index contributed by atoms with van der Waals surface area (Å²) in [6, 6.07) is -0.626. The molecular formula is C15H26N4O4S. The van der Waals surface area contributed by atoms with E-state index >= 15 is 0 Å². The Bertz CT molecular complexity index is 549. The van der Waals surface area contributed by atoms with Crippen LogP contribution in [-0.2, 0) is 14.3 Å². The van der Waals surface area contributed by atoms with Gasteiger partial charge in [0, 0.05) is 0 Å². The molecule has 1 fully saturated rings. The Balaban J connectivity index is 0.00000139. The summed E-state index contributed by atoms with van der Waals surface area (Å²) in [6.45, 7) is 7.89. The number of amides is 1. The molecule has 1 aliphatic heterocycles. The highest BCUT2D eigenvalue weighted by molar-refractivity contribution is 7.05. The molecule has 9 heteroatoms. The van der Waals surface area contributed by atoms with Gasteiger partial charge in [0.05, 0.1) is 6.10 Å². The van der Waals surface area contributed by atoms with E-state index in [4.69, 9.17) is 20.9 Å². The Morgan fingerprint density at radius 3 is 2.58 bits per heavy atom. The number of aromatic nitrogens is 2. The molecule has 0 spiro atoms. The smallest absolute Gasteiger partial charge is 0.323 e. The fourth-order valence-corrected chi connectivity index (χ4v) is 2.75. The summed E-state index contributed by atoms with van der Waals surface area (Å²) >= 11 is 1.10. The van der Waals surface area contributed by atoms with Crippen LogP contribution >= 0.6 is 11.5 Å². The Kier molecular flexibility index (Phi) is 8.23. The number of hydrogen-bond donors (Lipinski definition) is 2. The molecule has 1 aromatic heterocycles. The average Bonchev–Trinajstić information content (AvgIpc) is 3.22. The Labute approximate surface area is 146 Å². The molecule has 1 aromatic rings. The molecule has 1 aliphatic rings. The van der Waals surface area contributed by atoms with Gasteiger partial charge in [0.1, 0.15) is 23.8 Å². The van der Waals surface area contributed by atoms with Gasteiger partial charge in [-0.3, -0.25) is 9.59 Å². The summed E-state index contributed by atoms with van der Waals surface area (Å²) in [5.74, 6) is -1.05. The fraction of sp³-hybridized carbons (Fsp3) is 0.733. The van der Waals surface area contributed by atoms with Crippen LogP contribution in [0.3, 0.4) is 0 Å². The first-order valence-corrected chi connectivity index (χ1v) is 8.87. The van der Waals surface area contributed by atoms with Crippen molar-refractivity contribution in [3.63, 3.8) is 0 Å². The second-order valence-electron chi connectivity index (χ2n) is 5.54. The number of hydrogen-bond acceptors (Lipinski definition) is 8. The van der Waals surface area contributed by atoms with Crippen molar-refractivity contribution in [2.75, 3.05) is 6.61 Å². The number of nitrogens with two attached hydrogens (primary N) is 2. The lowest BCUT2D eigenvalue weighted by atomic mass is 10.1. The number of esters is 1. The monoisotopic (exact) mass is 358 g/mol. The zero-order valence-corrected chi connectivity index (χ0v) is 15.3. The van der Waals surface area contributed by atoms with Crippen LogP contribution in [-0.4, -0.2) is 40.0 Å². The quantitative estimate of drug-likeness (QED) is 0.735. The Hall–Kier alpha value is -1.58. The molecule has 1 amide bonds. The fourth-order valence-electron chi connectivity index (χ4n) is 2.02. The van der Waals surface area contributed by atoms with Gasteiger partial charge < -0.3 is 20.9 Å². The van der Waals surface area contributed by atoms with Gasteiger partial charge in [0.2, 0.25) is 5.82 Å². The molecule has 0 bridgehead atoms. The predicted molar refractivity (Wildman–Crippen MR) is 90.4 cm³/mol. The van der Waals surface area contributed by atoms with Gasteiger partial charge in [0.15, 0.2) is 0 Å². The molecule has 8 nitrogen and oxygen atoms in total. The standard InChI is InChI=1S/C13H20N4O4S.C2H6/c1-6(2)9(14)13(19)20-5-7-3-4-8(21-7)12-16-11(10(15)18)17-22-12;1-2/h6-9H,3-5,14H2,1-2H3,(H2,15,18);1-2H3. The van der Waals surface area contributed by atoms with Gasteiger partial charge >= 0.3 is 5.97 Å². The molecule has 3 unspecified atom stereocenters. The highest BCUT2D eigenvalue weighted by Gasteiger charge is 2.31. The first kappa shape index (κ1) is 20.5. The van der Waals surface area contributed by atoms with Gasteiger partial charge in [-0.2, -0.15) is 4.37 Å². The third kappa shape index (κ3) is 5.50. The van der Waals surface area contributed by atoms with E-state index in [9.17, 15) is 9.59 Å². The molecular weight excluding hydrogens is 332 g/mol. The van der Waals surface area contributed by atoms with Crippen molar-refractivity contribution in [2.45, 2.75) is 58.8 Å². The van der Waals surface area contributed by atoms with E-state index in [1.807, 2.05) is 27.7 Å². The SMILES string of the molecule is CC.CC(C)C(N)C(=O)OCC1CCC(c2nc(C(N)=O)ns2)O1. The second kappa shape index (κ2) is 9.65. The first-order valence-electron chi connectivity index (χ1n) is 8.09. The summed E-state index contributed by atoms with van der Waals surface area (Å²) in [5.41, 5.74) is 10.8. The van der Waals surface area contributed by atoms with Gasteiger partial charge in [0.25, 0.3) is 5.91 Å². The van der Waals surface area contributed by atoms with E-state index < -0.39 is 17.9 Å². The summed E-state index contributed by atoms with van der Waals surface area (Å²) in [6.07, 6.45) is 1.02. The van der Waals surface area contributed by atoms with Crippen molar-refractivity contribution in [3.8, 4) is 0 Å². The van der Waals surface area contributed by atoms with E-state index in [1.165, 1.54) is 0 Å². The van der Waals surface area contributed by atoms with Crippen LogP contribution < -0.4 is 11.5 Å². The maximum absolute atomic E-state index is 11.7. The summed E-state index contributed by atoms with van der Waals surface area (Å²) in [4.78, 5) is 26.7. The van der Waals surface area contributed by atoms with Crippen LogP contribution in [0.5, 0.6) is 0 Å². The molecule has 2 rings (SSSR count). The third-order valence-corrected chi connectivity index (χ3v) is 4.25. The van der Waals surface area contributed by atoms with Crippen LogP contribution in [0, 0.1) is 5.92 Å². The number of carbonyl (C=O) groups is 2. The second-order valence-corrected chi connectivity index (χ2v) is 6.33. The van der Waals surface area contributed by atoms with Crippen LogP contribution in [0.2, 0.25) is 0 Å². The van der Waals surface area contributed by atoms with Gasteiger partial charge in [-0.15, -0.1) is 0 Å². The van der Waals surface area contributed by atoms with Gasteiger partial charge in [-0.25, -0.2) is 4.98 Å². The first-order chi connectivity index (χ1) is 11.4. The predicted octanol–water partition coefficient (Wildman–Crippen LogP) is 1.41. The number of nitrogens with zero attached hydrogens (tertiary/aromatic N) is 2. The molecule has 1 saturated heterocycles. The highest BCUT2D eigenvalue weighted by Crippen LogP contribution is 2.33. The highest BCUT2D eigenvalue weighted by atomic mass is 32.1. The third-order valence-electron chi connectivity index (χ3n) is 3.45. The zero-order chi connectivity index (χ0) is 18.3. The average molecular weight is 358 g/mol. The molecule has 136 valence electrons. The van der Waals surface area contributed by atoms with Crippen LogP contribution in [0.1, 0.15) is 62.3 Å². The minimum Gasteiger partial charge on any atom is -0.462 e. The Morgan fingerprint density at radius 2 is 2.04 bits per heavy atom. The van der Waals surface area contributed by atoms with Crippen molar-refractivity contribution >= 4 is 23.4 Å². The number of rotatable bonds is 6. The molecule has 0 saturated carbocycles. The number of ether oxygens (including phenoxy) is 2. The Morgan fingerprint density at radius 1 is 1.38 bits per heavy atom. The van der Waals surface area contributed by atoms with E-state index in [-0.39, 0.29) is 30.6 Å². The minimum absolute atomic E-state index is 0.00128. The lowest BCUT2D eigenvalue weighted by Gasteiger charge is -2.17. The van der Waals surface area contributed by atoms with Crippen molar-refractivity contribution in [1.29, 1.82) is 0 Å². The number of carbonyl (C=O) groups excluding carboxylic acids is 2. The van der Waals surface area contributed by atoms with Crippen molar-refractivity contribution in [3.05, 3.63) is 10.8 Å². The molecule has 24 heavy (non-hydrogen) atoms. The molecule has 0 aliphatic carbocycles. The molecule has 0 aromatic carbocycles. The van der Waals surface area contributed by atoms with Gasteiger partial charge in [-0.05, 0) is 30.3 Å². The van der Waals surface area contributed by atoms with Crippen molar-refractivity contribution < 1.29 is 19.1 Å². The maximum Gasteiger partial charge on any atom is 0.323 e. The van der Waals surface area contributed by atoms with Crippen molar-refractivity contribution in [1.82, 2.24) is 9.36 Å². The van der Waals surface area contributed by atoms with Crippen LogP contribution in [0.15, 0.2) is 0 Å². The largest absolute Gasteiger partial charge is 0.462 e.